The lowest BCUT2D eigenvalue weighted by Crippen LogP contribution is -2.31. The molecule has 0 aliphatic rings. The van der Waals surface area contributed by atoms with Crippen LogP contribution < -0.4 is 5.32 Å². The maximum atomic E-state index is 12.1. The second kappa shape index (κ2) is 13.9. The summed E-state index contributed by atoms with van der Waals surface area (Å²) in [6.45, 7) is 7.43. The van der Waals surface area contributed by atoms with Gasteiger partial charge in [-0.1, -0.05) is 72.1 Å². The van der Waals surface area contributed by atoms with E-state index in [1.807, 2.05) is 0 Å². The van der Waals surface area contributed by atoms with E-state index in [9.17, 15) is 4.79 Å². The van der Waals surface area contributed by atoms with E-state index in [4.69, 9.17) is 0 Å². The third-order valence-electron chi connectivity index (χ3n) is 3.74. The van der Waals surface area contributed by atoms with Gasteiger partial charge in [-0.2, -0.15) is 0 Å². The Kier molecular flexibility index (Phi) is 13.5. The van der Waals surface area contributed by atoms with Gasteiger partial charge in [0.1, 0.15) is 0 Å². The molecule has 0 heterocycles. The first-order valence-corrected chi connectivity index (χ1v) is 8.53. The molecule has 0 aromatic heterocycles. The Morgan fingerprint density at radius 3 is 2.05 bits per heavy atom. The predicted octanol–water partition coefficient (Wildman–Crippen LogP) is 5.07. The highest BCUT2D eigenvalue weighted by atomic mass is 16.1. The monoisotopic (exact) mass is 269 g/mol. The van der Waals surface area contributed by atoms with E-state index in [1.54, 1.807) is 0 Å². The molecule has 1 amide bonds. The van der Waals surface area contributed by atoms with Gasteiger partial charge in [0.2, 0.25) is 5.91 Å². The van der Waals surface area contributed by atoms with Gasteiger partial charge >= 0.3 is 0 Å². The highest BCUT2D eigenvalue weighted by Crippen LogP contribution is 2.17. The summed E-state index contributed by atoms with van der Waals surface area (Å²) in [6, 6.07) is 0. The SMILES string of the molecule is CCCCCCCCC(CCC)C(=O)NCCCC. The quantitative estimate of drug-likeness (QED) is 0.465. The fourth-order valence-corrected chi connectivity index (χ4v) is 2.46. The molecule has 2 nitrogen and oxygen atoms in total. The number of nitrogens with one attached hydrogen (secondary N) is 1. The molecule has 0 spiro atoms. The third-order valence-corrected chi connectivity index (χ3v) is 3.74. The van der Waals surface area contributed by atoms with Gasteiger partial charge < -0.3 is 5.32 Å². The number of carbonyl (C=O) groups excluding carboxylic acids is 1. The molecular weight excluding hydrogens is 234 g/mol. The van der Waals surface area contributed by atoms with Crippen LogP contribution in [0.3, 0.4) is 0 Å². The molecule has 0 aliphatic heterocycles. The Morgan fingerprint density at radius 2 is 1.42 bits per heavy atom. The maximum Gasteiger partial charge on any atom is 0.223 e. The topological polar surface area (TPSA) is 29.1 Å². The highest BCUT2D eigenvalue weighted by molar-refractivity contribution is 5.78. The fraction of sp³-hybridized carbons (Fsp3) is 0.941. The van der Waals surface area contributed by atoms with Crippen LogP contribution in [0.4, 0.5) is 0 Å². The van der Waals surface area contributed by atoms with Crippen LogP contribution in [0.15, 0.2) is 0 Å². The van der Waals surface area contributed by atoms with E-state index in [1.165, 1.54) is 38.5 Å². The smallest absolute Gasteiger partial charge is 0.223 e. The first-order chi connectivity index (χ1) is 9.26. The molecule has 1 atom stereocenters. The molecule has 0 bridgehead atoms. The van der Waals surface area contributed by atoms with Gasteiger partial charge in [-0.15, -0.1) is 0 Å². The largest absolute Gasteiger partial charge is 0.356 e. The maximum absolute atomic E-state index is 12.1. The van der Waals surface area contributed by atoms with Crippen molar-refractivity contribution in [1.29, 1.82) is 0 Å². The van der Waals surface area contributed by atoms with Crippen LogP contribution in [-0.2, 0) is 4.79 Å². The molecule has 0 saturated heterocycles. The van der Waals surface area contributed by atoms with E-state index in [2.05, 4.69) is 26.1 Å². The van der Waals surface area contributed by atoms with E-state index < -0.39 is 0 Å². The van der Waals surface area contributed by atoms with Gasteiger partial charge in [0.15, 0.2) is 0 Å². The minimum Gasteiger partial charge on any atom is -0.356 e. The van der Waals surface area contributed by atoms with Crippen LogP contribution >= 0.6 is 0 Å². The Hall–Kier alpha value is -0.530. The summed E-state index contributed by atoms with van der Waals surface area (Å²) in [5, 5.41) is 3.09. The lowest BCUT2D eigenvalue weighted by atomic mass is 9.95. The molecule has 0 saturated carbocycles. The lowest BCUT2D eigenvalue weighted by molar-refractivity contribution is -0.125. The Balaban J connectivity index is 3.74. The van der Waals surface area contributed by atoms with Gasteiger partial charge in [-0.05, 0) is 19.3 Å². The molecule has 1 N–H and O–H groups in total. The molecule has 0 aromatic rings. The average molecular weight is 269 g/mol. The molecular formula is C17H35NO. The van der Waals surface area contributed by atoms with Crippen LogP contribution in [0.25, 0.3) is 0 Å². The summed E-state index contributed by atoms with van der Waals surface area (Å²) in [5.74, 6) is 0.553. The summed E-state index contributed by atoms with van der Waals surface area (Å²) < 4.78 is 0. The number of hydrogen-bond acceptors (Lipinski definition) is 1. The first-order valence-electron chi connectivity index (χ1n) is 8.53. The minimum absolute atomic E-state index is 0.257. The van der Waals surface area contributed by atoms with E-state index >= 15 is 0 Å². The van der Waals surface area contributed by atoms with Crippen molar-refractivity contribution in [1.82, 2.24) is 5.32 Å². The highest BCUT2D eigenvalue weighted by Gasteiger charge is 2.16. The Morgan fingerprint density at radius 1 is 0.789 bits per heavy atom. The number of carbonyl (C=O) groups is 1. The summed E-state index contributed by atoms with van der Waals surface area (Å²) >= 11 is 0. The second-order valence-corrected chi connectivity index (χ2v) is 5.69. The lowest BCUT2D eigenvalue weighted by Gasteiger charge is -2.16. The molecule has 19 heavy (non-hydrogen) atoms. The van der Waals surface area contributed by atoms with E-state index in [0.717, 1.165) is 38.6 Å². The first kappa shape index (κ1) is 18.5. The number of hydrogen-bond donors (Lipinski definition) is 1. The normalized spacial score (nSPS) is 12.4. The molecule has 0 aliphatic carbocycles. The van der Waals surface area contributed by atoms with Crippen LogP contribution in [0.5, 0.6) is 0 Å². The summed E-state index contributed by atoms with van der Waals surface area (Å²) in [7, 11) is 0. The number of rotatable bonds is 13. The van der Waals surface area contributed by atoms with Crippen molar-refractivity contribution in [2.75, 3.05) is 6.54 Å². The van der Waals surface area contributed by atoms with Gasteiger partial charge in [-0.3, -0.25) is 4.79 Å². The van der Waals surface area contributed by atoms with Crippen molar-refractivity contribution >= 4 is 5.91 Å². The van der Waals surface area contributed by atoms with Crippen LogP contribution in [0.1, 0.15) is 91.4 Å². The molecule has 0 radical (unpaired) electrons. The van der Waals surface area contributed by atoms with Crippen molar-refractivity contribution in [3.8, 4) is 0 Å². The molecule has 2 heteroatoms. The minimum atomic E-state index is 0.257. The zero-order valence-corrected chi connectivity index (χ0v) is 13.5. The van der Waals surface area contributed by atoms with Gasteiger partial charge in [0.05, 0.1) is 0 Å². The van der Waals surface area contributed by atoms with Crippen LogP contribution in [0, 0.1) is 5.92 Å². The van der Waals surface area contributed by atoms with E-state index in [0.29, 0.717) is 5.91 Å². The van der Waals surface area contributed by atoms with Crippen molar-refractivity contribution in [3.05, 3.63) is 0 Å². The van der Waals surface area contributed by atoms with E-state index in [-0.39, 0.29) is 5.92 Å². The number of unbranched alkanes of at least 4 members (excludes halogenated alkanes) is 6. The van der Waals surface area contributed by atoms with Gasteiger partial charge in [0.25, 0.3) is 0 Å². The standard InChI is InChI=1S/C17H35NO/c1-4-7-9-10-11-12-14-16(13-6-3)17(19)18-15-8-5-2/h16H,4-15H2,1-3H3,(H,18,19). The zero-order valence-electron chi connectivity index (χ0n) is 13.5. The van der Waals surface area contributed by atoms with Crippen molar-refractivity contribution in [2.45, 2.75) is 91.4 Å². The Bertz CT molecular complexity index is 203. The molecule has 0 aromatic carbocycles. The summed E-state index contributed by atoms with van der Waals surface area (Å²) in [5.41, 5.74) is 0. The third kappa shape index (κ3) is 11.0. The average Bonchev–Trinajstić information content (AvgIpc) is 2.41. The van der Waals surface area contributed by atoms with Crippen LogP contribution in [0.2, 0.25) is 0 Å². The summed E-state index contributed by atoms with van der Waals surface area (Å²) in [6.07, 6.45) is 13.4. The van der Waals surface area contributed by atoms with Gasteiger partial charge in [0, 0.05) is 12.5 Å². The summed E-state index contributed by atoms with van der Waals surface area (Å²) in [4.78, 5) is 12.1. The Labute approximate surface area is 120 Å². The molecule has 0 rings (SSSR count). The van der Waals surface area contributed by atoms with Crippen molar-refractivity contribution < 1.29 is 4.79 Å². The molecule has 114 valence electrons. The van der Waals surface area contributed by atoms with Crippen molar-refractivity contribution in [3.63, 3.8) is 0 Å². The molecule has 0 fully saturated rings. The molecule has 1 unspecified atom stereocenters. The zero-order chi connectivity index (χ0) is 14.3. The predicted molar refractivity (Wildman–Crippen MR) is 84.3 cm³/mol. The fourth-order valence-electron chi connectivity index (χ4n) is 2.46. The second-order valence-electron chi connectivity index (χ2n) is 5.69. The van der Waals surface area contributed by atoms with Crippen molar-refractivity contribution in [2.24, 2.45) is 5.92 Å². The number of amides is 1. The van der Waals surface area contributed by atoms with Crippen LogP contribution in [-0.4, -0.2) is 12.5 Å². The van der Waals surface area contributed by atoms with Gasteiger partial charge in [-0.25, -0.2) is 0 Å².